The second-order valence-corrected chi connectivity index (χ2v) is 6.09. The van der Waals surface area contributed by atoms with E-state index >= 15 is 0 Å². The Kier molecular flexibility index (Phi) is 7.05. The van der Waals surface area contributed by atoms with E-state index in [4.69, 9.17) is 4.74 Å². The second kappa shape index (κ2) is 8.54. The molecule has 0 radical (unpaired) electrons. The molecule has 22 heavy (non-hydrogen) atoms. The Balaban J connectivity index is 2.56. The Morgan fingerprint density at radius 1 is 1.23 bits per heavy atom. The predicted octanol–water partition coefficient (Wildman–Crippen LogP) is 2.83. The predicted molar refractivity (Wildman–Crippen MR) is 88.0 cm³/mol. The number of ether oxygens (including phenoxy) is 1. The van der Waals surface area contributed by atoms with Crippen molar-refractivity contribution in [3.63, 3.8) is 0 Å². The Morgan fingerprint density at radius 2 is 1.95 bits per heavy atom. The van der Waals surface area contributed by atoms with Gasteiger partial charge in [0.25, 0.3) is 5.91 Å². The first-order valence-corrected chi connectivity index (χ1v) is 7.62. The minimum atomic E-state index is -0.475. The van der Waals surface area contributed by atoms with Crippen LogP contribution in [0.25, 0.3) is 0 Å². The Hall–Kier alpha value is -1.88. The van der Waals surface area contributed by atoms with Gasteiger partial charge in [-0.05, 0) is 31.5 Å². The first kappa shape index (κ1) is 18.2. The molecule has 1 rings (SSSR count). The molecule has 0 aliphatic rings. The molecule has 2 amide bonds. The molecule has 0 aliphatic heterocycles. The van der Waals surface area contributed by atoms with Crippen molar-refractivity contribution in [3.8, 4) is 0 Å². The molecule has 1 aromatic rings. The molecule has 0 aromatic heterocycles. The smallest absolute Gasteiger partial charge is 0.251 e. The van der Waals surface area contributed by atoms with Crippen LogP contribution in [0, 0.1) is 5.41 Å². The molecule has 5 heteroatoms. The van der Waals surface area contributed by atoms with Gasteiger partial charge in [-0.3, -0.25) is 9.59 Å². The summed E-state index contributed by atoms with van der Waals surface area (Å²) >= 11 is 0. The van der Waals surface area contributed by atoms with Crippen LogP contribution < -0.4 is 10.6 Å². The van der Waals surface area contributed by atoms with Crippen LogP contribution in [-0.2, 0) is 9.53 Å². The van der Waals surface area contributed by atoms with E-state index in [0.717, 1.165) is 6.42 Å². The Morgan fingerprint density at radius 3 is 2.59 bits per heavy atom. The maximum absolute atomic E-state index is 12.0. The zero-order valence-electron chi connectivity index (χ0n) is 13.9. The van der Waals surface area contributed by atoms with E-state index < -0.39 is 5.41 Å². The Bertz CT molecular complexity index is 507. The molecule has 0 fully saturated rings. The minimum Gasteiger partial charge on any atom is -0.382 e. The van der Waals surface area contributed by atoms with Crippen LogP contribution in [0.1, 0.15) is 44.5 Å². The van der Waals surface area contributed by atoms with Crippen LogP contribution in [0.2, 0.25) is 0 Å². The number of benzene rings is 1. The fraction of sp³-hybridized carbons (Fsp3) is 0.529. The Labute approximate surface area is 132 Å². The van der Waals surface area contributed by atoms with E-state index in [9.17, 15) is 9.59 Å². The van der Waals surface area contributed by atoms with Crippen molar-refractivity contribution >= 4 is 17.5 Å². The number of carbonyl (C=O) groups excluding carboxylic acids is 2. The van der Waals surface area contributed by atoms with E-state index in [2.05, 4.69) is 10.6 Å². The van der Waals surface area contributed by atoms with Gasteiger partial charge in [-0.25, -0.2) is 0 Å². The number of hydrogen-bond acceptors (Lipinski definition) is 3. The molecule has 0 saturated heterocycles. The summed E-state index contributed by atoms with van der Waals surface area (Å²) in [6.07, 6.45) is 0.778. The monoisotopic (exact) mass is 306 g/mol. The summed E-state index contributed by atoms with van der Waals surface area (Å²) in [7, 11) is 0. The van der Waals surface area contributed by atoms with E-state index in [0.29, 0.717) is 31.0 Å². The summed E-state index contributed by atoms with van der Waals surface area (Å²) in [5, 5.41) is 5.66. The highest BCUT2D eigenvalue weighted by molar-refractivity contribution is 5.98. The first-order chi connectivity index (χ1) is 10.3. The molecular formula is C17H26N2O3. The van der Waals surface area contributed by atoms with Crippen molar-refractivity contribution in [2.45, 2.75) is 34.1 Å². The summed E-state index contributed by atoms with van der Waals surface area (Å²) in [4.78, 5) is 24.0. The van der Waals surface area contributed by atoms with Gasteiger partial charge in [-0.15, -0.1) is 0 Å². The van der Waals surface area contributed by atoms with E-state index in [1.165, 1.54) is 0 Å². The van der Waals surface area contributed by atoms with Crippen molar-refractivity contribution in [2.24, 2.45) is 5.41 Å². The number of nitrogens with one attached hydrogen (secondary N) is 2. The van der Waals surface area contributed by atoms with Crippen molar-refractivity contribution < 1.29 is 14.3 Å². The standard InChI is InChI=1S/C17H26N2O3/c1-5-22-11-7-10-18-15(20)13-8-6-9-14(12-13)19-16(21)17(2,3)4/h6,8-9,12H,5,7,10-11H2,1-4H3,(H,18,20)(H,19,21). The molecule has 0 spiro atoms. The first-order valence-electron chi connectivity index (χ1n) is 7.62. The molecule has 0 atom stereocenters. The van der Waals surface area contributed by atoms with Gasteiger partial charge in [0, 0.05) is 36.4 Å². The van der Waals surface area contributed by atoms with Crippen molar-refractivity contribution in [1.29, 1.82) is 0 Å². The van der Waals surface area contributed by atoms with Crippen LogP contribution in [0.5, 0.6) is 0 Å². The van der Waals surface area contributed by atoms with E-state index in [1.807, 2.05) is 27.7 Å². The van der Waals surface area contributed by atoms with E-state index in [-0.39, 0.29) is 11.8 Å². The maximum atomic E-state index is 12.0. The highest BCUT2D eigenvalue weighted by Gasteiger charge is 2.21. The van der Waals surface area contributed by atoms with Gasteiger partial charge in [-0.2, -0.15) is 0 Å². The van der Waals surface area contributed by atoms with Gasteiger partial charge in [0.15, 0.2) is 0 Å². The van der Waals surface area contributed by atoms with Crippen molar-refractivity contribution in [1.82, 2.24) is 5.32 Å². The minimum absolute atomic E-state index is 0.0817. The summed E-state index contributed by atoms with van der Waals surface area (Å²) < 4.78 is 5.22. The van der Waals surface area contributed by atoms with Crippen LogP contribution in [0.4, 0.5) is 5.69 Å². The number of carbonyl (C=O) groups is 2. The zero-order valence-corrected chi connectivity index (χ0v) is 13.9. The summed E-state index contributed by atoms with van der Waals surface area (Å²) in [5.41, 5.74) is 0.683. The molecule has 1 aromatic carbocycles. The average molecular weight is 306 g/mol. The SMILES string of the molecule is CCOCCCNC(=O)c1cccc(NC(=O)C(C)(C)C)c1. The van der Waals surface area contributed by atoms with Crippen LogP contribution in [0.3, 0.4) is 0 Å². The molecule has 5 nitrogen and oxygen atoms in total. The third kappa shape index (κ3) is 6.26. The lowest BCUT2D eigenvalue weighted by molar-refractivity contribution is -0.123. The third-order valence-corrected chi connectivity index (χ3v) is 3.02. The van der Waals surface area contributed by atoms with Crippen LogP contribution in [-0.4, -0.2) is 31.6 Å². The molecule has 2 N–H and O–H groups in total. The lowest BCUT2D eigenvalue weighted by Crippen LogP contribution is -2.28. The largest absolute Gasteiger partial charge is 0.382 e. The maximum Gasteiger partial charge on any atom is 0.251 e. The third-order valence-electron chi connectivity index (χ3n) is 3.02. The summed E-state index contributed by atoms with van der Waals surface area (Å²) in [6.45, 7) is 9.36. The summed E-state index contributed by atoms with van der Waals surface area (Å²) in [6, 6.07) is 6.94. The van der Waals surface area contributed by atoms with Gasteiger partial charge < -0.3 is 15.4 Å². The molecule has 0 saturated carbocycles. The van der Waals surface area contributed by atoms with Crippen LogP contribution in [0.15, 0.2) is 24.3 Å². The fourth-order valence-corrected chi connectivity index (χ4v) is 1.68. The van der Waals surface area contributed by atoms with Gasteiger partial charge in [-0.1, -0.05) is 26.8 Å². The molecule has 0 unspecified atom stereocenters. The highest BCUT2D eigenvalue weighted by atomic mass is 16.5. The van der Waals surface area contributed by atoms with Crippen molar-refractivity contribution in [3.05, 3.63) is 29.8 Å². The number of hydrogen-bond donors (Lipinski definition) is 2. The molecule has 0 aliphatic carbocycles. The lowest BCUT2D eigenvalue weighted by Gasteiger charge is -2.18. The number of rotatable bonds is 7. The fourth-order valence-electron chi connectivity index (χ4n) is 1.68. The summed E-state index contributed by atoms with van der Waals surface area (Å²) in [5.74, 6) is -0.231. The van der Waals surface area contributed by atoms with Gasteiger partial charge in [0.05, 0.1) is 0 Å². The number of anilines is 1. The second-order valence-electron chi connectivity index (χ2n) is 6.09. The molecule has 0 heterocycles. The molecule has 0 bridgehead atoms. The molecule has 122 valence electrons. The molecular weight excluding hydrogens is 280 g/mol. The lowest BCUT2D eigenvalue weighted by atomic mass is 9.95. The topological polar surface area (TPSA) is 67.4 Å². The van der Waals surface area contributed by atoms with Gasteiger partial charge in [0.1, 0.15) is 0 Å². The van der Waals surface area contributed by atoms with Crippen LogP contribution >= 0.6 is 0 Å². The van der Waals surface area contributed by atoms with E-state index in [1.54, 1.807) is 24.3 Å². The zero-order chi connectivity index (χ0) is 16.6. The quantitative estimate of drug-likeness (QED) is 0.761. The average Bonchev–Trinajstić information content (AvgIpc) is 2.46. The number of amides is 2. The van der Waals surface area contributed by atoms with Crippen molar-refractivity contribution in [2.75, 3.05) is 25.1 Å². The van der Waals surface area contributed by atoms with Gasteiger partial charge >= 0.3 is 0 Å². The normalized spacial score (nSPS) is 11.1. The highest BCUT2D eigenvalue weighted by Crippen LogP contribution is 2.18. The van der Waals surface area contributed by atoms with Gasteiger partial charge in [0.2, 0.25) is 5.91 Å².